The van der Waals surface area contributed by atoms with E-state index in [-0.39, 0.29) is 6.04 Å². The van der Waals surface area contributed by atoms with E-state index in [1.165, 1.54) is 11.1 Å². The second-order valence-electron chi connectivity index (χ2n) is 4.51. The van der Waals surface area contributed by atoms with Crippen LogP contribution in [-0.2, 0) is 6.42 Å². The van der Waals surface area contributed by atoms with Crippen LogP contribution in [0.1, 0.15) is 22.7 Å². The van der Waals surface area contributed by atoms with Gasteiger partial charge in [-0.05, 0) is 48.2 Å². The summed E-state index contributed by atoms with van der Waals surface area (Å²) < 4.78 is 1.09. The van der Waals surface area contributed by atoms with Crippen molar-refractivity contribution in [3.63, 3.8) is 0 Å². The number of halogens is 2. The van der Waals surface area contributed by atoms with E-state index in [0.29, 0.717) is 0 Å². The van der Waals surface area contributed by atoms with E-state index in [9.17, 15) is 0 Å². The minimum Gasteiger partial charge on any atom is -0.271 e. The third-order valence-electron chi connectivity index (χ3n) is 3.22. The van der Waals surface area contributed by atoms with Crippen LogP contribution < -0.4 is 11.3 Å². The zero-order valence-corrected chi connectivity index (χ0v) is 13.0. The predicted octanol–water partition coefficient (Wildman–Crippen LogP) is 4.16. The number of nitrogens with one attached hydrogen (secondary N) is 1. The SMILES string of the molecule is Cc1c(Br)cccc1C(Cc1cccc(Cl)c1)NN. The van der Waals surface area contributed by atoms with E-state index in [2.05, 4.69) is 40.4 Å². The summed E-state index contributed by atoms with van der Waals surface area (Å²) in [5.74, 6) is 5.71. The first-order valence-electron chi connectivity index (χ1n) is 6.07. The molecule has 0 saturated heterocycles. The number of rotatable bonds is 4. The van der Waals surface area contributed by atoms with Crippen LogP contribution in [0.25, 0.3) is 0 Å². The van der Waals surface area contributed by atoms with Gasteiger partial charge in [0, 0.05) is 9.50 Å². The summed E-state index contributed by atoms with van der Waals surface area (Å²) >= 11 is 9.57. The van der Waals surface area contributed by atoms with E-state index in [0.717, 1.165) is 21.5 Å². The molecule has 0 fully saturated rings. The number of nitrogens with two attached hydrogens (primary N) is 1. The van der Waals surface area contributed by atoms with Crippen molar-refractivity contribution in [2.45, 2.75) is 19.4 Å². The van der Waals surface area contributed by atoms with Gasteiger partial charge in [0.1, 0.15) is 0 Å². The lowest BCUT2D eigenvalue weighted by molar-refractivity contribution is 0.549. The predicted molar refractivity (Wildman–Crippen MR) is 84.1 cm³/mol. The maximum absolute atomic E-state index is 6.01. The Morgan fingerprint density at radius 1 is 1.26 bits per heavy atom. The van der Waals surface area contributed by atoms with Gasteiger partial charge >= 0.3 is 0 Å². The summed E-state index contributed by atoms with van der Waals surface area (Å²) in [6, 6.07) is 14.1. The molecule has 19 heavy (non-hydrogen) atoms. The molecular formula is C15H16BrClN2. The molecule has 1 atom stereocenters. The van der Waals surface area contributed by atoms with E-state index in [4.69, 9.17) is 17.4 Å². The zero-order valence-electron chi connectivity index (χ0n) is 10.7. The lowest BCUT2D eigenvalue weighted by Gasteiger charge is -2.19. The molecule has 0 bridgehead atoms. The Hall–Kier alpha value is -0.870. The van der Waals surface area contributed by atoms with Crippen LogP contribution in [0, 0.1) is 6.92 Å². The highest BCUT2D eigenvalue weighted by atomic mass is 79.9. The lowest BCUT2D eigenvalue weighted by atomic mass is 9.96. The zero-order chi connectivity index (χ0) is 13.8. The molecule has 0 aliphatic carbocycles. The van der Waals surface area contributed by atoms with Crippen molar-refractivity contribution in [2.24, 2.45) is 5.84 Å². The Kier molecular flexibility index (Phi) is 4.99. The minimum atomic E-state index is 0.0657. The van der Waals surface area contributed by atoms with Gasteiger partial charge in [-0.3, -0.25) is 11.3 Å². The Morgan fingerprint density at radius 3 is 2.68 bits per heavy atom. The van der Waals surface area contributed by atoms with Gasteiger partial charge in [0.25, 0.3) is 0 Å². The summed E-state index contributed by atoms with van der Waals surface area (Å²) in [5, 5.41) is 0.749. The Balaban J connectivity index is 2.28. The third-order valence-corrected chi connectivity index (χ3v) is 4.31. The van der Waals surface area contributed by atoms with Gasteiger partial charge in [0.2, 0.25) is 0 Å². The summed E-state index contributed by atoms with van der Waals surface area (Å²) in [5.41, 5.74) is 6.45. The molecule has 0 amide bonds. The van der Waals surface area contributed by atoms with E-state index >= 15 is 0 Å². The maximum atomic E-state index is 6.01. The fourth-order valence-corrected chi connectivity index (χ4v) is 2.75. The largest absolute Gasteiger partial charge is 0.271 e. The Bertz CT molecular complexity index is 572. The lowest BCUT2D eigenvalue weighted by Crippen LogP contribution is -2.30. The molecule has 2 aromatic rings. The highest BCUT2D eigenvalue weighted by molar-refractivity contribution is 9.10. The molecule has 1 unspecified atom stereocenters. The highest BCUT2D eigenvalue weighted by Crippen LogP contribution is 2.27. The van der Waals surface area contributed by atoms with Crippen LogP contribution in [0.4, 0.5) is 0 Å². The molecule has 0 heterocycles. The van der Waals surface area contributed by atoms with E-state index in [1.807, 2.05) is 30.3 Å². The van der Waals surface area contributed by atoms with Crippen LogP contribution >= 0.6 is 27.5 Å². The van der Waals surface area contributed by atoms with Gasteiger partial charge in [-0.1, -0.05) is 51.8 Å². The van der Waals surface area contributed by atoms with Gasteiger partial charge < -0.3 is 0 Å². The molecule has 2 aromatic carbocycles. The normalized spacial score (nSPS) is 12.4. The monoisotopic (exact) mass is 338 g/mol. The van der Waals surface area contributed by atoms with Gasteiger partial charge in [0.05, 0.1) is 6.04 Å². The second-order valence-corrected chi connectivity index (χ2v) is 5.80. The van der Waals surface area contributed by atoms with Crippen molar-refractivity contribution in [1.82, 2.24) is 5.43 Å². The summed E-state index contributed by atoms with van der Waals surface area (Å²) in [4.78, 5) is 0. The number of hydrazine groups is 1. The molecule has 0 aromatic heterocycles. The Morgan fingerprint density at radius 2 is 2.00 bits per heavy atom. The van der Waals surface area contributed by atoms with Crippen LogP contribution in [0.15, 0.2) is 46.9 Å². The average molecular weight is 340 g/mol. The fourth-order valence-electron chi connectivity index (χ4n) is 2.16. The van der Waals surface area contributed by atoms with Crippen LogP contribution in [0.3, 0.4) is 0 Å². The van der Waals surface area contributed by atoms with Crippen molar-refractivity contribution >= 4 is 27.5 Å². The van der Waals surface area contributed by atoms with Crippen molar-refractivity contribution in [2.75, 3.05) is 0 Å². The maximum Gasteiger partial charge on any atom is 0.0503 e. The van der Waals surface area contributed by atoms with E-state index in [1.54, 1.807) is 0 Å². The quantitative estimate of drug-likeness (QED) is 0.648. The molecule has 0 aliphatic heterocycles. The molecule has 3 N–H and O–H groups in total. The summed E-state index contributed by atoms with van der Waals surface area (Å²) in [7, 11) is 0. The molecule has 2 nitrogen and oxygen atoms in total. The molecule has 100 valence electrons. The molecular weight excluding hydrogens is 324 g/mol. The highest BCUT2D eigenvalue weighted by Gasteiger charge is 2.14. The minimum absolute atomic E-state index is 0.0657. The molecule has 2 rings (SSSR count). The molecule has 0 saturated carbocycles. The van der Waals surface area contributed by atoms with Gasteiger partial charge in [-0.25, -0.2) is 0 Å². The molecule has 0 radical (unpaired) electrons. The Labute approximate surface area is 127 Å². The standard InChI is InChI=1S/C15H16BrClN2/c1-10-13(6-3-7-14(10)16)15(19-18)9-11-4-2-5-12(17)8-11/h2-8,15,19H,9,18H2,1H3. The second kappa shape index (κ2) is 6.53. The topological polar surface area (TPSA) is 38.0 Å². The molecule has 0 spiro atoms. The van der Waals surface area contributed by atoms with Crippen LogP contribution in [0.2, 0.25) is 5.02 Å². The van der Waals surface area contributed by atoms with Crippen molar-refractivity contribution in [1.29, 1.82) is 0 Å². The van der Waals surface area contributed by atoms with Gasteiger partial charge in [-0.2, -0.15) is 0 Å². The smallest absolute Gasteiger partial charge is 0.0503 e. The summed E-state index contributed by atoms with van der Waals surface area (Å²) in [6.45, 7) is 2.09. The van der Waals surface area contributed by atoms with Gasteiger partial charge in [-0.15, -0.1) is 0 Å². The fraction of sp³-hybridized carbons (Fsp3) is 0.200. The molecule has 0 aliphatic rings. The first kappa shape index (κ1) is 14.5. The first-order valence-corrected chi connectivity index (χ1v) is 7.24. The number of hydrogen-bond acceptors (Lipinski definition) is 2. The third kappa shape index (κ3) is 3.57. The summed E-state index contributed by atoms with van der Waals surface area (Å²) in [6.07, 6.45) is 0.800. The van der Waals surface area contributed by atoms with Crippen molar-refractivity contribution in [3.05, 3.63) is 68.7 Å². The van der Waals surface area contributed by atoms with Crippen LogP contribution in [-0.4, -0.2) is 0 Å². The molecule has 4 heteroatoms. The van der Waals surface area contributed by atoms with Crippen molar-refractivity contribution < 1.29 is 0 Å². The van der Waals surface area contributed by atoms with E-state index < -0.39 is 0 Å². The van der Waals surface area contributed by atoms with Crippen LogP contribution in [0.5, 0.6) is 0 Å². The number of benzene rings is 2. The average Bonchev–Trinajstić information content (AvgIpc) is 2.40. The van der Waals surface area contributed by atoms with Crippen molar-refractivity contribution in [3.8, 4) is 0 Å². The first-order chi connectivity index (χ1) is 9.11. The van der Waals surface area contributed by atoms with Gasteiger partial charge in [0.15, 0.2) is 0 Å². The number of hydrogen-bond donors (Lipinski definition) is 2.